The number of anilines is 1. The first-order chi connectivity index (χ1) is 12.3. The minimum absolute atomic E-state index is 0.221. The minimum atomic E-state index is -0.478. The van der Waals surface area contributed by atoms with Gasteiger partial charge in [-0.1, -0.05) is 29.3 Å². The van der Waals surface area contributed by atoms with E-state index in [9.17, 15) is 4.79 Å². The summed E-state index contributed by atoms with van der Waals surface area (Å²) in [6, 6.07) is 4.92. The Hall–Kier alpha value is -1.35. The second kappa shape index (κ2) is 8.12. The Morgan fingerprint density at radius 3 is 2.69 bits per heavy atom. The smallest absolute Gasteiger partial charge is 0.250 e. The number of carbonyl (C=O) groups is 1. The van der Waals surface area contributed by atoms with Crippen LogP contribution in [0.3, 0.4) is 0 Å². The molecule has 0 aliphatic heterocycles. The molecule has 0 fully saturated rings. The zero-order chi connectivity index (χ0) is 18.8. The average Bonchev–Trinajstić information content (AvgIpc) is 3.16. The largest absolute Gasteiger partial charge is 0.306 e. The lowest BCUT2D eigenvalue weighted by Gasteiger charge is -2.11. The molecule has 2 heterocycles. The summed E-state index contributed by atoms with van der Waals surface area (Å²) in [6.07, 6.45) is 5.15. The van der Waals surface area contributed by atoms with Crippen LogP contribution >= 0.6 is 55.1 Å². The second-order valence-corrected chi connectivity index (χ2v) is 8.16. The predicted molar refractivity (Wildman–Crippen MR) is 109 cm³/mol. The fraction of sp³-hybridized carbons (Fsp3) is 0.188. The van der Waals surface area contributed by atoms with E-state index in [1.807, 2.05) is 6.07 Å². The first kappa shape index (κ1) is 19.4. The SMILES string of the molecule is CC(C(=O)Nc1nn(Cc2ccc(Cl)c(Cl)c2)cc1Br)n1cc(Br)cn1. The molecule has 3 aromatic rings. The quantitative estimate of drug-likeness (QED) is 0.504. The van der Waals surface area contributed by atoms with Gasteiger partial charge in [0.1, 0.15) is 6.04 Å². The van der Waals surface area contributed by atoms with Crippen LogP contribution in [0.4, 0.5) is 5.82 Å². The Morgan fingerprint density at radius 1 is 1.27 bits per heavy atom. The molecule has 0 aliphatic carbocycles. The van der Waals surface area contributed by atoms with E-state index in [2.05, 4.69) is 47.4 Å². The van der Waals surface area contributed by atoms with Gasteiger partial charge in [-0.25, -0.2) is 0 Å². The molecule has 2 aromatic heterocycles. The fourth-order valence-electron chi connectivity index (χ4n) is 2.26. The molecule has 0 saturated carbocycles. The summed E-state index contributed by atoms with van der Waals surface area (Å²) >= 11 is 18.7. The number of benzene rings is 1. The number of amides is 1. The van der Waals surface area contributed by atoms with Crippen LogP contribution in [0.2, 0.25) is 10.0 Å². The van der Waals surface area contributed by atoms with Crippen LogP contribution in [0.1, 0.15) is 18.5 Å². The predicted octanol–water partition coefficient (Wildman–Crippen LogP) is 5.16. The van der Waals surface area contributed by atoms with Crippen LogP contribution in [-0.4, -0.2) is 25.5 Å². The molecule has 0 saturated heterocycles. The summed E-state index contributed by atoms with van der Waals surface area (Å²) in [5.41, 5.74) is 0.946. The minimum Gasteiger partial charge on any atom is -0.306 e. The summed E-state index contributed by atoms with van der Waals surface area (Å²) in [4.78, 5) is 12.4. The Bertz CT molecular complexity index is 956. The number of halogens is 4. The van der Waals surface area contributed by atoms with Gasteiger partial charge in [0.05, 0.1) is 31.7 Å². The van der Waals surface area contributed by atoms with Crippen molar-refractivity contribution in [3.63, 3.8) is 0 Å². The van der Waals surface area contributed by atoms with E-state index in [-0.39, 0.29) is 5.91 Å². The molecule has 26 heavy (non-hydrogen) atoms. The van der Waals surface area contributed by atoms with Gasteiger partial charge < -0.3 is 5.32 Å². The molecule has 0 radical (unpaired) electrons. The van der Waals surface area contributed by atoms with E-state index < -0.39 is 6.04 Å². The lowest BCUT2D eigenvalue weighted by molar-refractivity contribution is -0.119. The van der Waals surface area contributed by atoms with Gasteiger partial charge in [0, 0.05) is 12.4 Å². The van der Waals surface area contributed by atoms with E-state index in [4.69, 9.17) is 23.2 Å². The van der Waals surface area contributed by atoms with Gasteiger partial charge in [-0.3, -0.25) is 14.2 Å². The third-order valence-corrected chi connectivity index (χ3v) is 5.36. The topological polar surface area (TPSA) is 64.7 Å². The van der Waals surface area contributed by atoms with Crippen molar-refractivity contribution in [3.05, 3.63) is 61.3 Å². The summed E-state index contributed by atoms with van der Waals surface area (Å²) < 4.78 is 4.76. The van der Waals surface area contributed by atoms with Crippen molar-refractivity contribution in [2.45, 2.75) is 19.5 Å². The molecular weight excluding hydrogens is 509 g/mol. The Morgan fingerprint density at radius 2 is 2.04 bits per heavy atom. The molecule has 10 heteroatoms. The Balaban J connectivity index is 1.71. The molecular formula is C16H13Br2Cl2N5O. The van der Waals surface area contributed by atoms with E-state index in [0.717, 1.165) is 10.0 Å². The molecule has 1 N–H and O–H groups in total. The van der Waals surface area contributed by atoms with Crippen molar-refractivity contribution in [2.24, 2.45) is 0 Å². The Kier molecular flexibility index (Phi) is 6.06. The second-order valence-electron chi connectivity index (χ2n) is 5.58. The van der Waals surface area contributed by atoms with Crippen LogP contribution in [0.25, 0.3) is 0 Å². The maximum Gasteiger partial charge on any atom is 0.250 e. The van der Waals surface area contributed by atoms with Crippen LogP contribution in [0.5, 0.6) is 0 Å². The zero-order valence-corrected chi connectivity index (χ0v) is 18.1. The number of hydrogen-bond donors (Lipinski definition) is 1. The highest BCUT2D eigenvalue weighted by Crippen LogP contribution is 2.25. The van der Waals surface area contributed by atoms with E-state index in [1.54, 1.807) is 47.0 Å². The highest BCUT2D eigenvalue weighted by Gasteiger charge is 2.18. The Labute approximate surface area is 176 Å². The fourth-order valence-corrected chi connectivity index (χ4v) is 3.29. The number of aromatic nitrogens is 4. The van der Waals surface area contributed by atoms with Gasteiger partial charge in [-0.15, -0.1) is 0 Å². The van der Waals surface area contributed by atoms with Crippen LogP contribution < -0.4 is 5.32 Å². The van der Waals surface area contributed by atoms with Gasteiger partial charge in [-0.2, -0.15) is 10.2 Å². The van der Waals surface area contributed by atoms with Crippen LogP contribution in [0, 0.1) is 0 Å². The number of nitrogens with zero attached hydrogens (tertiary/aromatic N) is 4. The lowest BCUT2D eigenvalue weighted by Crippen LogP contribution is -2.24. The van der Waals surface area contributed by atoms with Crippen molar-refractivity contribution in [2.75, 3.05) is 5.32 Å². The molecule has 6 nitrogen and oxygen atoms in total. The van der Waals surface area contributed by atoms with Crippen LogP contribution in [-0.2, 0) is 11.3 Å². The zero-order valence-electron chi connectivity index (χ0n) is 13.5. The summed E-state index contributed by atoms with van der Waals surface area (Å²) in [6.45, 7) is 2.25. The molecule has 0 bridgehead atoms. The van der Waals surface area contributed by atoms with E-state index in [0.29, 0.717) is 26.9 Å². The van der Waals surface area contributed by atoms with E-state index in [1.165, 1.54) is 0 Å². The maximum absolute atomic E-state index is 12.4. The molecule has 3 rings (SSSR count). The van der Waals surface area contributed by atoms with Crippen molar-refractivity contribution < 1.29 is 4.79 Å². The summed E-state index contributed by atoms with van der Waals surface area (Å²) in [5, 5.41) is 12.3. The van der Waals surface area contributed by atoms with Crippen molar-refractivity contribution in [3.8, 4) is 0 Å². The third kappa shape index (κ3) is 4.49. The molecule has 1 atom stereocenters. The molecule has 1 amide bonds. The van der Waals surface area contributed by atoms with Gasteiger partial charge in [-0.05, 0) is 56.5 Å². The van der Waals surface area contributed by atoms with Gasteiger partial charge in [0.15, 0.2) is 5.82 Å². The van der Waals surface area contributed by atoms with Gasteiger partial charge in [0.25, 0.3) is 0 Å². The number of carbonyl (C=O) groups excluding carboxylic acids is 1. The molecule has 136 valence electrons. The van der Waals surface area contributed by atoms with E-state index >= 15 is 0 Å². The molecule has 0 spiro atoms. The first-order valence-electron chi connectivity index (χ1n) is 7.51. The lowest BCUT2D eigenvalue weighted by atomic mass is 10.2. The molecule has 1 unspecified atom stereocenters. The molecule has 1 aromatic carbocycles. The highest BCUT2D eigenvalue weighted by molar-refractivity contribution is 9.10. The van der Waals surface area contributed by atoms with Crippen molar-refractivity contribution >= 4 is 66.8 Å². The molecule has 0 aliphatic rings. The summed E-state index contributed by atoms with van der Waals surface area (Å²) in [5.74, 6) is 0.217. The number of nitrogens with one attached hydrogen (secondary N) is 1. The third-order valence-electron chi connectivity index (χ3n) is 3.63. The van der Waals surface area contributed by atoms with Crippen LogP contribution in [0.15, 0.2) is 45.7 Å². The standard InChI is InChI=1S/C16H13Br2Cl2N5O/c1-9(25-7-11(17)5-21-25)16(26)22-15-12(18)8-24(23-15)6-10-2-3-13(19)14(20)4-10/h2-5,7-9H,6H2,1H3,(H,22,23,26). The number of hydrogen-bond acceptors (Lipinski definition) is 3. The van der Waals surface area contributed by atoms with Gasteiger partial charge in [0.2, 0.25) is 5.91 Å². The van der Waals surface area contributed by atoms with Crippen molar-refractivity contribution in [1.82, 2.24) is 19.6 Å². The first-order valence-corrected chi connectivity index (χ1v) is 9.85. The maximum atomic E-state index is 12.4. The van der Waals surface area contributed by atoms with Gasteiger partial charge >= 0.3 is 0 Å². The monoisotopic (exact) mass is 519 g/mol. The number of rotatable bonds is 5. The average molecular weight is 522 g/mol. The van der Waals surface area contributed by atoms with Crippen molar-refractivity contribution in [1.29, 1.82) is 0 Å². The normalized spacial score (nSPS) is 12.2. The summed E-state index contributed by atoms with van der Waals surface area (Å²) in [7, 11) is 0. The highest BCUT2D eigenvalue weighted by atomic mass is 79.9.